The van der Waals surface area contributed by atoms with Crippen LogP contribution < -0.4 is 5.32 Å². The Balaban J connectivity index is 2.71. The molecule has 1 N–H and O–H groups in total. The minimum atomic E-state index is -0.718. The Morgan fingerprint density at radius 1 is 1.52 bits per heavy atom. The summed E-state index contributed by atoms with van der Waals surface area (Å²) in [6.07, 6.45) is 1.55. The maximum absolute atomic E-state index is 13.2. The van der Waals surface area contributed by atoms with Crippen molar-refractivity contribution in [2.24, 2.45) is 0 Å². The number of carbonyl (C=O) groups is 1. The van der Waals surface area contributed by atoms with Gasteiger partial charge in [-0.15, -0.1) is 11.8 Å². The van der Waals surface area contributed by atoms with Gasteiger partial charge in [-0.05, 0) is 44.5 Å². The standard InChI is InChI=1S/C16H24FNO2S/c1-5-9-18-16(3,15(19)20-4)11-12(2)21-14-8-6-7-13(17)10-14/h6-8,10,12,18H,5,9,11H2,1-4H3. The van der Waals surface area contributed by atoms with Gasteiger partial charge in [-0.25, -0.2) is 4.39 Å². The number of benzene rings is 1. The maximum Gasteiger partial charge on any atom is 0.325 e. The summed E-state index contributed by atoms with van der Waals surface area (Å²) in [5.74, 6) is -0.505. The number of methoxy groups -OCH3 is 1. The smallest absolute Gasteiger partial charge is 0.325 e. The van der Waals surface area contributed by atoms with Crippen molar-refractivity contribution in [3.63, 3.8) is 0 Å². The molecule has 21 heavy (non-hydrogen) atoms. The van der Waals surface area contributed by atoms with Gasteiger partial charge in [0.15, 0.2) is 0 Å². The van der Waals surface area contributed by atoms with Gasteiger partial charge >= 0.3 is 5.97 Å². The molecule has 0 spiro atoms. The quantitative estimate of drug-likeness (QED) is 0.587. The minimum absolute atomic E-state index is 0.153. The molecule has 3 nitrogen and oxygen atoms in total. The van der Waals surface area contributed by atoms with Crippen LogP contribution in [-0.2, 0) is 9.53 Å². The third-order valence-electron chi connectivity index (χ3n) is 3.23. The van der Waals surface area contributed by atoms with Crippen LogP contribution in [0.3, 0.4) is 0 Å². The molecule has 2 atom stereocenters. The average Bonchev–Trinajstić information content (AvgIpc) is 2.44. The Hall–Kier alpha value is -1.07. The van der Waals surface area contributed by atoms with Crippen LogP contribution in [0.1, 0.15) is 33.6 Å². The molecule has 0 aliphatic heterocycles. The summed E-state index contributed by atoms with van der Waals surface area (Å²) >= 11 is 1.56. The molecule has 118 valence electrons. The first kappa shape index (κ1) is 18.0. The summed E-state index contributed by atoms with van der Waals surface area (Å²) < 4.78 is 18.1. The summed E-state index contributed by atoms with van der Waals surface area (Å²) in [6.45, 7) is 6.69. The van der Waals surface area contributed by atoms with Crippen molar-refractivity contribution in [2.45, 2.75) is 49.3 Å². The van der Waals surface area contributed by atoms with Crippen LogP contribution in [0, 0.1) is 5.82 Å². The van der Waals surface area contributed by atoms with Crippen molar-refractivity contribution in [2.75, 3.05) is 13.7 Å². The predicted octanol–water partition coefficient (Wildman–Crippen LogP) is 3.63. The molecular weight excluding hydrogens is 289 g/mol. The van der Waals surface area contributed by atoms with Crippen LogP contribution in [-0.4, -0.2) is 30.4 Å². The lowest BCUT2D eigenvalue weighted by Crippen LogP contribution is -2.51. The summed E-state index contributed by atoms with van der Waals surface area (Å²) in [5.41, 5.74) is -0.718. The molecule has 1 aromatic carbocycles. The molecule has 0 fully saturated rings. The van der Waals surface area contributed by atoms with E-state index in [0.717, 1.165) is 17.9 Å². The van der Waals surface area contributed by atoms with Crippen molar-refractivity contribution in [1.82, 2.24) is 5.32 Å². The summed E-state index contributed by atoms with van der Waals surface area (Å²) in [4.78, 5) is 12.9. The van der Waals surface area contributed by atoms with Gasteiger partial charge < -0.3 is 10.1 Å². The largest absolute Gasteiger partial charge is 0.468 e. The van der Waals surface area contributed by atoms with Crippen LogP contribution in [0.2, 0.25) is 0 Å². The fourth-order valence-corrected chi connectivity index (χ4v) is 3.46. The first-order valence-electron chi connectivity index (χ1n) is 7.17. The van der Waals surface area contributed by atoms with E-state index in [1.807, 2.05) is 19.9 Å². The van der Waals surface area contributed by atoms with E-state index < -0.39 is 5.54 Å². The second-order valence-electron chi connectivity index (χ2n) is 5.34. The second kappa shape index (κ2) is 8.39. The summed E-state index contributed by atoms with van der Waals surface area (Å²) in [7, 11) is 1.40. The van der Waals surface area contributed by atoms with Crippen LogP contribution in [0.5, 0.6) is 0 Å². The van der Waals surface area contributed by atoms with Gasteiger partial charge in [0.1, 0.15) is 11.4 Å². The highest BCUT2D eigenvalue weighted by molar-refractivity contribution is 7.99. The normalized spacial score (nSPS) is 15.3. The third-order valence-corrected chi connectivity index (χ3v) is 4.33. The highest BCUT2D eigenvalue weighted by atomic mass is 32.2. The molecular formula is C16H24FNO2S. The second-order valence-corrected chi connectivity index (χ2v) is 6.85. The first-order chi connectivity index (χ1) is 9.91. The van der Waals surface area contributed by atoms with Gasteiger partial charge in [-0.2, -0.15) is 0 Å². The van der Waals surface area contributed by atoms with E-state index in [2.05, 4.69) is 12.2 Å². The molecule has 0 saturated heterocycles. The number of ether oxygens (including phenoxy) is 1. The SMILES string of the molecule is CCCNC(C)(CC(C)Sc1cccc(F)c1)C(=O)OC. The number of carbonyl (C=O) groups excluding carboxylic acids is 1. The zero-order valence-electron chi connectivity index (χ0n) is 13.1. The zero-order chi connectivity index (χ0) is 15.9. The fraction of sp³-hybridized carbons (Fsp3) is 0.562. The highest BCUT2D eigenvalue weighted by Gasteiger charge is 2.35. The van der Waals surface area contributed by atoms with E-state index in [9.17, 15) is 9.18 Å². The van der Waals surface area contributed by atoms with Gasteiger partial charge in [0.25, 0.3) is 0 Å². The Labute approximate surface area is 130 Å². The molecule has 0 saturated carbocycles. The maximum atomic E-state index is 13.2. The minimum Gasteiger partial charge on any atom is -0.468 e. The first-order valence-corrected chi connectivity index (χ1v) is 8.05. The monoisotopic (exact) mass is 313 g/mol. The van der Waals surface area contributed by atoms with Gasteiger partial charge in [-0.1, -0.05) is 19.9 Å². The molecule has 0 aliphatic rings. The molecule has 0 aromatic heterocycles. The lowest BCUT2D eigenvalue weighted by molar-refractivity contribution is -0.148. The summed E-state index contributed by atoms with van der Waals surface area (Å²) in [5, 5.41) is 3.42. The number of hydrogen-bond acceptors (Lipinski definition) is 4. The van der Waals surface area contributed by atoms with E-state index in [-0.39, 0.29) is 17.0 Å². The van der Waals surface area contributed by atoms with E-state index in [4.69, 9.17) is 4.74 Å². The predicted molar refractivity (Wildman–Crippen MR) is 85.1 cm³/mol. The number of nitrogens with one attached hydrogen (secondary N) is 1. The number of hydrogen-bond donors (Lipinski definition) is 1. The van der Waals surface area contributed by atoms with Crippen LogP contribution in [0.25, 0.3) is 0 Å². The van der Waals surface area contributed by atoms with Gasteiger partial charge in [-0.3, -0.25) is 4.79 Å². The lowest BCUT2D eigenvalue weighted by atomic mass is 9.96. The van der Waals surface area contributed by atoms with Crippen LogP contribution in [0.15, 0.2) is 29.2 Å². The molecule has 0 aliphatic carbocycles. The Morgan fingerprint density at radius 3 is 2.81 bits per heavy atom. The molecule has 1 aromatic rings. The summed E-state index contributed by atoms with van der Waals surface area (Å²) in [6, 6.07) is 6.50. The van der Waals surface area contributed by atoms with E-state index in [0.29, 0.717) is 6.42 Å². The van der Waals surface area contributed by atoms with E-state index >= 15 is 0 Å². The van der Waals surface area contributed by atoms with E-state index in [1.165, 1.54) is 19.2 Å². The number of halogens is 1. The Morgan fingerprint density at radius 2 is 2.24 bits per heavy atom. The van der Waals surface area contributed by atoms with Crippen molar-refractivity contribution >= 4 is 17.7 Å². The van der Waals surface area contributed by atoms with Crippen molar-refractivity contribution in [3.8, 4) is 0 Å². The molecule has 0 radical (unpaired) electrons. The van der Waals surface area contributed by atoms with Crippen molar-refractivity contribution in [3.05, 3.63) is 30.1 Å². The molecule has 1 rings (SSSR count). The number of thioether (sulfide) groups is 1. The lowest BCUT2D eigenvalue weighted by Gasteiger charge is -2.30. The van der Waals surface area contributed by atoms with Crippen LogP contribution in [0.4, 0.5) is 4.39 Å². The number of rotatable bonds is 8. The molecule has 0 amide bonds. The van der Waals surface area contributed by atoms with Crippen molar-refractivity contribution in [1.29, 1.82) is 0 Å². The topological polar surface area (TPSA) is 38.3 Å². The fourth-order valence-electron chi connectivity index (χ4n) is 2.24. The molecule has 0 bridgehead atoms. The van der Waals surface area contributed by atoms with Crippen molar-refractivity contribution < 1.29 is 13.9 Å². The number of esters is 1. The van der Waals surface area contributed by atoms with Gasteiger partial charge in [0.2, 0.25) is 0 Å². The molecule has 0 heterocycles. The van der Waals surface area contributed by atoms with Gasteiger partial charge in [0.05, 0.1) is 7.11 Å². The zero-order valence-corrected chi connectivity index (χ0v) is 13.9. The Bertz CT molecular complexity index is 469. The molecule has 2 unspecified atom stereocenters. The highest BCUT2D eigenvalue weighted by Crippen LogP contribution is 2.29. The van der Waals surface area contributed by atoms with Gasteiger partial charge in [0, 0.05) is 10.1 Å². The van der Waals surface area contributed by atoms with Crippen LogP contribution >= 0.6 is 11.8 Å². The molecule has 5 heteroatoms. The third kappa shape index (κ3) is 5.67. The average molecular weight is 313 g/mol. The Kier molecular flexibility index (Phi) is 7.18. The van der Waals surface area contributed by atoms with E-state index in [1.54, 1.807) is 17.8 Å².